The van der Waals surface area contributed by atoms with Gasteiger partial charge in [-0.1, -0.05) is 6.07 Å². The highest BCUT2D eigenvalue weighted by Gasteiger charge is 2.08. The van der Waals surface area contributed by atoms with Crippen LogP contribution in [0.2, 0.25) is 0 Å². The second kappa shape index (κ2) is 5.06. The van der Waals surface area contributed by atoms with Crippen molar-refractivity contribution in [2.24, 2.45) is 0 Å². The van der Waals surface area contributed by atoms with E-state index in [2.05, 4.69) is 10.3 Å². The van der Waals surface area contributed by atoms with Gasteiger partial charge in [-0.3, -0.25) is 0 Å². The minimum absolute atomic E-state index is 0.0221. The Labute approximate surface area is 109 Å². The van der Waals surface area contributed by atoms with Crippen LogP contribution in [0.15, 0.2) is 36.5 Å². The quantitative estimate of drug-likeness (QED) is 0.772. The molecule has 0 radical (unpaired) electrons. The first-order valence-electron chi connectivity index (χ1n) is 5.36. The number of aromatic nitrogens is 1. The van der Waals surface area contributed by atoms with Gasteiger partial charge in [0.1, 0.15) is 0 Å². The SMILES string of the molecule is N#Cc1cccc(Nc2ncc(C(=O)O)cc2N)c1. The van der Waals surface area contributed by atoms with Crippen LogP contribution < -0.4 is 11.1 Å². The Kier molecular flexibility index (Phi) is 3.30. The minimum atomic E-state index is -1.09. The van der Waals surface area contributed by atoms with Crippen molar-refractivity contribution < 1.29 is 9.90 Å². The Bertz CT molecular complexity index is 677. The van der Waals surface area contributed by atoms with Gasteiger partial charge < -0.3 is 16.2 Å². The lowest BCUT2D eigenvalue weighted by Crippen LogP contribution is -2.03. The standard InChI is InChI=1S/C13H10N4O2/c14-6-8-2-1-3-10(4-8)17-12-11(15)5-9(7-16-12)13(18)19/h1-5,7H,15H2,(H,16,17)(H,18,19). The summed E-state index contributed by atoms with van der Waals surface area (Å²) in [6.45, 7) is 0. The van der Waals surface area contributed by atoms with Crippen molar-refractivity contribution >= 4 is 23.2 Å². The number of benzene rings is 1. The molecule has 0 bridgehead atoms. The lowest BCUT2D eigenvalue weighted by molar-refractivity contribution is 0.0696. The first kappa shape index (κ1) is 12.4. The fourth-order valence-corrected chi connectivity index (χ4v) is 1.51. The molecule has 19 heavy (non-hydrogen) atoms. The number of aromatic carboxylic acids is 1. The van der Waals surface area contributed by atoms with E-state index in [0.717, 1.165) is 0 Å². The number of nitriles is 1. The number of nitrogens with two attached hydrogens (primary N) is 1. The van der Waals surface area contributed by atoms with Gasteiger partial charge in [0.25, 0.3) is 0 Å². The van der Waals surface area contributed by atoms with Gasteiger partial charge in [-0.05, 0) is 24.3 Å². The predicted molar refractivity (Wildman–Crippen MR) is 70.0 cm³/mol. The monoisotopic (exact) mass is 254 g/mol. The number of pyridine rings is 1. The summed E-state index contributed by atoms with van der Waals surface area (Å²) in [5.74, 6) is -0.739. The summed E-state index contributed by atoms with van der Waals surface area (Å²) < 4.78 is 0. The molecule has 4 N–H and O–H groups in total. The van der Waals surface area contributed by atoms with Gasteiger partial charge in [0, 0.05) is 11.9 Å². The van der Waals surface area contributed by atoms with Gasteiger partial charge in [-0.15, -0.1) is 0 Å². The number of hydrogen-bond donors (Lipinski definition) is 3. The number of nitrogen functional groups attached to an aromatic ring is 1. The molecule has 0 fully saturated rings. The Hall–Kier alpha value is -3.07. The van der Waals surface area contributed by atoms with Crippen molar-refractivity contribution in [3.63, 3.8) is 0 Å². The third-order valence-corrected chi connectivity index (χ3v) is 2.42. The second-order valence-corrected chi connectivity index (χ2v) is 3.78. The molecular weight excluding hydrogens is 244 g/mol. The number of nitrogens with one attached hydrogen (secondary N) is 1. The largest absolute Gasteiger partial charge is 0.478 e. The average Bonchev–Trinajstić information content (AvgIpc) is 2.41. The van der Waals surface area contributed by atoms with E-state index < -0.39 is 5.97 Å². The molecule has 0 atom stereocenters. The Morgan fingerprint density at radius 2 is 2.21 bits per heavy atom. The molecule has 2 aromatic rings. The number of rotatable bonds is 3. The predicted octanol–water partition coefficient (Wildman–Crippen LogP) is 1.98. The van der Waals surface area contributed by atoms with Crippen molar-refractivity contribution in [1.82, 2.24) is 4.98 Å². The van der Waals surface area contributed by atoms with Crippen LogP contribution in [0.4, 0.5) is 17.2 Å². The fourth-order valence-electron chi connectivity index (χ4n) is 1.51. The first-order chi connectivity index (χ1) is 9.10. The molecule has 6 nitrogen and oxygen atoms in total. The molecule has 94 valence electrons. The van der Waals surface area contributed by atoms with Crippen molar-refractivity contribution in [2.75, 3.05) is 11.1 Å². The van der Waals surface area contributed by atoms with Crippen LogP contribution in [0.25, 0.3) is 0 Å². The molecule has 0 aliphatic heterocycles. The highest BCUT2D eigenvalue weighted by atomic mass is 16.4. The number of carboxylic acids is 1. The number of anilines is 3. The third-order valence-electron chi connectivity index (χ3n) is 2.42. The molecule has 6 heteroatoms. The normalized spacial score (nSPS) is 9.63. The Balaban J connectivity index is 2.28. The lowest BCUT2D eigenvalue weighted by atomic mass is 10.2. The molecular formula is C13H10N4O2. The van der Waals surface area contributed by atoms with Gasteiger partial charge in [-0.2, -0.15) is 5.26 Å². The first-order valence-corrected chi connectivity index (χ1v) is 5.36. The molecule has 0 amide bonds. The molecule has 0 unspecified atom stereocenters. The third kappa shape index (κ3) is 2.79. The molecule has 1 heterocycles. The summed E-state index contributed by atoms with van der Waals surface area (Å²) in [7, 11) is 0. The number of nitrogens with zero attached hydrogens (tertiary/aromatic N) is 2. The number of carboxylic acid groups (broad SMARTS) is 1. The maximum atomic E-state index is 10.8. The van der Waals surface area contributed by atoms with Crippen molar-refractivity contribution in [3.05, 3.63) is 47.7 Å². The topological polar surface area (TPSA) is 112 Å². The van der Waals surface area contributed by atoms with E-state index in [1.54, 1.807) is 24.3 Å². The molecule has 0 spiro atoms. The average molecular weight is 254 g/mol. The van der Waals surface area contributed by atoms with Crippen LogP contribution in [0.1, 0.15) is 15.9 Å². The van der Waals surface area contributed by atoms with Crippen LogP contribution in [0, 0.1) is 11.3 Å². The highest BCUT2D eigenvalue weighted by Crippen LogP contribution is 2.22. The smallest absolute Gasteiger partial charge is 0.337 e. The zero-order chi connectivity index (χ0) is 13.8. The van der Waals surface area contributed by atoms with E-state index in [4.69, 9.17) is 16.1 Å². The highest BCUT2D eigenvalue weighted by molar-refractivity contribution is 5.89. The maximum Gasteiger partial charge on any atom is 0.337 e. The molecule has 2 rings (SSSR count). The number of carbonyl (C=O) groups is 1. The van der Waals surface area contributed by atoms with Gasteiger partial charge in [0.2, 0.25) is 0 Å². The summed E-state index contributed by atoms with van der Waals surface area (Å²) in [6, 6.07) is 10.2. The molecule has 0 aliphatic rings. The number of hydrogen-bond acceptors (Lipinski definition) is 5. The van der Waals surface area contributed by atoms with Crippen molar-refractivity contribution in [2.45, 2.75) is 0 Å². The van der Waals surface area contributed by atoms with E-state index in [9.17, 15) is 4.79 Å². The Morgan fingerprint density at radius 1 is 1.42 bits per heavy atom. The zero-order valence-electron chi connectivity index (χ0n) is 9.79. The summed E-state index contributed by atoms with van der Waals surface area (Å²) in [4.78, 5) is 14.7. The van der Waals surface area contributed by atoms with E-state index in [0.29, 0.717) is 17.1 Å². The zero-order valence-corrected chi connectivity index (χ0v) is 9.79. The summed E-state index contributed by atoms with van der Waals surface area (Å²) >= 11 is 0. The summed E-state index contributed by atoms with van der Waals surface area (Å²) in [6.07, 6.45) is 1.22. The van der Waals surface area contributed by atoms with Crippen LogP contribution >= 0.6 is 0 Å². The van der Waals surface area contributed by atoms with Crippen LogP contribution in [-0.4, -0.2) is 16.1 Å². The molecule has 0 saturated carbocycles. The molecule has 1 aromatic heterocycles. The summed E-state index contributed by atoms with van der Waals surface area (Å²) in [5, 5.41) is 20.5. The van der Waals surface area contributed by atoms with E-state index in [-0.39, 0.29) is 11.3 Å². The van der Waals surface area contributed by atoms with Crippen LogP contribution in [0.3, 0.4) is 0 Å². The minimum Gasteiger partial charge on any atom is -0.478 e. The van der Waals surface area contributed by atoms with E-state index in [1.165, 1.54) is 12.3 Å². The van der Waals surface area contributed by atoms with Crippen molar-refractivity contribution in [3.8, 4) is 6.07 Å². The molecule has 0 saturated heterocycles. The fraction of sp³-hybridized carbons (Fsp3) is 0. The maximum absolute atomic E-state index is 10.8. The van der Waals surface area contributed by atoms with Crippen LogP contribution in [0.5, 0.6) is 0 Å². The van der Waals surface area contributed by atoms with Gasteiger partial charge in [-0.25, -0.2) is 9.78 Å². The van der Waals surface area contributed by atoms with Gasteiger partial charge in [0.05, 0.1) is 22.9 Å². The molecule has 0 aliphatic carbocycles. The summed E-state index contributed by atoms with van der Waals surface area (Å²) in [5.41, 5.74) is 7.13. The van der Waals surface area contributed by atoms with Crippen molar-refractivity contribution in [1.29, 1.82) is 5.26 Å². The Morgan fingerprint density at radius 3 is 2.84 bits per heavy atom. The van der Waals surface area contributed by atoms with Gasteiger partial charge in [0.15, 0.2) is 5.82 Å². The second-order valence-electron chi connectivity index (χ2n) is 3.78. The molecule has 1 aromatic carbocycles. The van der Waals surface area contributed by atoms with E-state index in [1.807, 2.05) is 6.07 Å². The lowest BCUT2D eigenvalue weighted by Gasteiger charge is -2.08. The van der Waals surface area contributed by atoms with Crippen LogP contribution in [-0.2, 0) is 0 Å². The van der Waals surface area contributed by atoms with Gasteiger partial charge >= 0.3 is 5.97 Å². The van der Waals surface area contributed by atoms with E-state index >= 15 is 0 Å².